The molecule has 0 unspecified atom stereocenters. The van der Waals surface area contributed by atoms with Crippen molar-refractivity contribution in [2.24, 2.45) is 4.99 Å². The highest BCUT2D eigenvalue weighted by Gasteiger charge is 2.41. The van der Waals surface area contributed by atoms with Crippen molar-refractivity contribution < 1.29 is 14.6 Å². The number of nitrogens with zero attached hydrogens (tertiary/aromatic N) is 3. The number of hydrogen-bond donors (Lipinski definition) is 2. The maximum Gasteiger partial charge on any atom is 0.251 e. The monoisotopic (exact) mass is 576 g/mol. The number of phenolic OH excluding ortho intramolecular Hbond substituents is 1. The van der Waals surface area contributed by atoms with E-state index in [4.69, 9.17) is 9.73 Å². The number of aromatic hydroxyl groups is 1. The molecule has 0 spiro atoms. The number of halogens is 1. The molecule has 0 bridgehead atoms. The fourth-order valence-corrected chi connectivity index (χ4v) is 5.59. The lowest BCUT2D eigenvalue weighted by Crippen LogP contribution is -2.42. The number of hydrogen-bond acceptors (Lipinski definition) is 6. The number of phenols is 1. The van der Waals surface area contributed by atoms with Crippen molar-refractivity contribution in [3.05, 3.63) is 93.5 Å². The lowest BCUT2D eigenvalue weighted by molar-refractivity contribution is 0.0950. The minimum absolute atomic E-state index is 0.0768. The van der Waals surface area contributed by atoms with Gasteiger partial charge in [-0.2, -0.15) is 0 Å². The van der Waals surface area contributed by atoms with E-state index in [1.54, 1.807) is 19.2 Å². The number of benzene rings is 3. The van der Waals surface area contributed by atoms with Gasteiger partial charge in [-0.3, -0.25) is 9.79 Å². The van der Waals surface area contributed by atoms with Crippen LogP contribution >= 0.6 is 15.9 Å². The number of guanidine groups is 1. The molecule has 7 nitrogen and oxygen atoms in total. The summed E-state index contributed by atoms with van der Waals surface area (Å²) in [4.78, 5) is 22.5. The number of aryl methyl sites for hydroxylation is 1. The Morgan fingerprint density at radius 2 is 1.74 bits per heavy atom. The molecule has 0 aliphatic carbocycles. The average molecular weight is 578 g/mol. The zero-order valence-corrected chi connectivity index (χ0v) is 23.3. The van der Waals surface area contributed by atoms with Gasteiger partial charge in [0.1, 0.15) is 11.5 Å². The quantitative estimate of drug-likeness (QED) is 0.394. The topological polar surface area (TPSA) is 77.4 Å². The Labute approximate surface area is 232 Å². The molecule has 1 saturated heterocycles. The Kier molecular flexibility index (Phi) is 7.88. The molecule has 2 aliphatic rings. The van der Waals surface area contributed by atoms with Gasteiger partial charge in [-0.05, 0) is 72.9 Å². The first kappa shape index (κ1) is 26.1. The number of aliphatic imine (C=N–C) groups is 1. The lowest BCUT2D eigenvalue weighted by atomic mass is 10.0. The van der Waals surface area contributed by atoms with Crippen molar-refractivity contribution in [3.8, 4) is 11.5 Å². The third kappa shape index (κ3) is 5.80. The SMILES string of the molecule is COc1ccc(C[C@H]2CN3C(=NC[C@@H]3Cc3ccc(O)cc3)N2CCNC(=O)c2ccc(C)c(Br)c2)cc1. The molecule has 1 amide bonds. The number of rotatable bonds is 9. The van der Waals surface area contributed by atoms with Gasteiger partial charge < -0.3 is 25.0 Å². The van der Waals surface area contributed by atoms with Gasteiger partial charge in [0.25, 0.3) is 5.91 Å². The summed E-state index contributed by atoms with van der Waals surface area (Å²) in [5.74, 6) is 2.07. The van der Waals surface area contributed by atoms with Crippen molar-refractivity contribution in [3.63, 3.8) is 0 Å². The van der Waals surface area contributed by atoms with Gasteiger partial charge >= 0.3 is 0 Å². The Morgan fingerprint density at radius 3 is 2.42 bits per heavy atom. The second kappa shape index (κ2) is 11.5. The molecule has 0 aromatic heterocycles. The molecule has 0 radical (unpaired) electrons. The van der Waals surface area contributed by atoms with E-state index in [9.17, 15) is 9.90 Å². The fourth-order valence-electron chi connectivity index (χ4n) is 5.21. The van der Waals surface area contributed by atoms with Crippen LogP contribution in [0.15, 0.2) is 76.2 Å². The highest BCUT2D eigenvalue weighted by molar-refractivity contribution is 9.10. The largest absolute Gasteiger partial charge is 0.508 e. The summed E-state index contributed by atoms with van der Waals surface area (Å²) < 4.78 is 6.26. The van der Waals surface area contributed by atoms with Gasteiger partial charge in [-0.15, -0.1) is 0 Å². The summed E-state index contributed by atoms with van der Waals surface area (Å²) in [6.07, 6.45) is 1.75. The standard InChI is InChI=1S/C30H33BrN4O3/c1-20-3-8-23(17-28(20)31)29(37)32-13-14-34-25(16-22-6-11-27(38-2)12-7-22)19-35-24(18-33-30(34)35)15-21-4-9-26(36)10-5-21/h3-12,17,24-25,36H,13-16,18-19H2,1-2H3,(H,32,37)/t24-,25-/m0/s1. The predicted octanol–water partition coefficient (Wildman–Crippen LogP) is 4.41. The van der Waals surface area contributed by atoms with Gasteiger partial charge in [0.15, 0.2) is 5.96 Å². The fraction of sp³-hybridized carbons (Fsp3) is 0.333. The Morgan fingerprint density at radius 1 is 1.05 bits per heavy atom. The number of carbonyl (C=O) groups is 1. The van der Waals surface area contributed by atoms with Crippen LogP contribution < -0.4 is 10.1 Å². The number of methoxy groups -OCH3 is 1. The first-order chi connectivity index (χ1) is 18.4. The van der Waals surface area contributed by atoms with E-state index in [-0.39, 0.29) is 23.7 Å². The van der Waals surface area contributed by atoms with Crippen LogP contribution in [0.1, 0.15) is 27.0 Å². The zero-order chi connectivity index (χ0) is 26.6. The van der Waals surface area contributed by atoms with Gasteiger partial charge in [-0.1, -0.05) is 46.3 Å². The zero-order valence-electron chi connectivity index (χ0n) is 21.7. The Bertz CT molecular complexity index is 1310. The summed E-state index contributed by atoms with van der Waals surface area (Å²) in [6.45, 7) is 4.84. The van der Waals surface area contributed by atoms with Crippen LogP contribution in [0, 0.1) is 6.92 Å². The summed E-state index contributed by atoms with van der Waals surface area (Å²) in [7, 11) is 1.68. The summed E-state index contributed by atoms with van der Waals surface area (Å²) >= 11 is 3.52. The van der Waals surface area contributed by atoms with Crippen molar-refractivity contribution in [1.82, 2.24) is 15.1 Å². The van der Waals surface area contributed by atoms with E-state index in [0.717, 1.165) is 47.7 Å². The highest BCUT2D eigenvalue weighted by atomic mass is 79.9. The van der Waals surface area contributed by atoms with Crippen LogP contribution in [0.5, 0.6) is 11.5 Å². The van der Waals surface area contributed by atoms with Crippen molar-refractivity contribution in [2.45, 2.75) is 31.8 Å². The molecule has 2 heterocycles. The minimum atomic E-state index is -0.0768. The van der Waals surface area contributed by atoms with Crippen LogP contribution in [0.25, 0.3) is 0 Å². The summed E-state index contributed by atoms with van der Waals surface area (Å²) in [5, 5.41) is 12.7. The highest BCUT2D eigenvalue weighted by Crippen LogP contribution is 2.28. The van der Waals surface area contributed by atoms with Crippen LogP contribution in [-0.4, -0.2) is 72.1 Å². The first-order valence-corrected chi connectivity index (χ1v) is 13.7. The van der Waals surface area contributed by atoms with E-state index < -0.39 is 0 Å². The van der Waals surface area contributed by atoms with E-state index in [2.05, 4.69) is 43.2 Å². The molecule has 8 heteroatoms. The molecule has 1 fully saturated rings. The smallest absolute Gasteiger partial charge is 0.251 e. The van der Waals surface area contributed by atoms with Crippen LogP contribution in [0.3, 0.4) is 0 Å². The Balaban J connectivity index is 1.28. The number of nitrogens with one attached hydrogen (secondary N) is 1. The minimum Gasteiger partial charge on any atom is -0.508 e. The normalized spacial score (nSPS) is 18.3. The molecule has 2 atom stereocenters. The molecule has 5 rings (SSSR count). The van der Waals surface area contributed by atoms with E-state index >= 15 is 0 Å². The predicted molar refractivity (Wildman–Crippen MR) is 153 cm³/mol. The van der Waals surface area contributed by atoms with E-state index in [0.29, 0.717) is 18.7 Å². The third-order valence-electron chi connectivity index (χ3n) is 7.36. The number of amides is 1. The average Bonchev–Trinajstić information content (AvgIpc) is 3.46. The van der Waals surface area contributed by atoms with Gasteiger partial charge in [0.05, 0.1) is 25.7 Å². The maximum absolute atomic E-state index is 12.8. The summed E-state index contributed by atoms with van der Waals surface area (Å²) in [6, 6.07) is 21.9. The molecular weight excluding hydrogens is 544 g/mol. The Hall–Kier alpha value is -3.52. The maximum atomic E-state index is 12.8. The molecule has 3 aromatic rings. The molecule has 198 valence electrons. The molecule has 2 aliphatic heterocycles. The number of ether oxygens (including phenoxy) is 1. The van der Waals surface area contributed by atoms with Gasteiger partial charge in [0, 0.05) is 29.7 Å². The molecule has 38 heavy (non-hydrogen) atoms. The second-order valence-electron chi connectivity index (χ2n) is 9.94. The molecule has 2 N–H and O–H groups in total. The van der Waals surface area contributed by atoms with Gasteiger partial charge in [0.2, 0.25) is 0 Å². The summed E-state index contributed by atoms with van der Waals surface area (Å²) in [5.41, 5.74) is 4.17. The third-order valence-corrected chi connectivity index (χ3v) is 8.21. The second-order valence-corrected chi connectivity index (χ2v) is 10.8. The number of fused-ring (bicyclic) bond motifs is 1. The van der Waals surface area contributed by atoms with Crippen molar-refractivity contribution in [1.29, 1.82) is 0 Å². The van der Waals surface area contributed by atoms with Gasteiger partial charge in [-0.25, -0.2) is 0 Å². The molecule has 3 aromatic carbocycles. The van der Waals surface area contributed by atoms with Crippen LogP contribution in [0.4, 0.5) is 0 Å². The van der Waals surface area contributed by atoms with Crippen LogP contribution in [-0.2, 0) is 12.8 Å². The van der Waals surface area contributed by atoms with E-state index in [1.807, 2.05) is 49.4 Å². The molecule has 0 saturated carbocycles. The van der Waals surface area contributed by atoms with E-state index in [1.165, 1.54) is 11.1 Å². The molecular formula is C30H33BrN4O3. The van der Waals surface area contributed by atoms with Crippen molar-refractivity contribution in [2.75, 3.05) is 33.3 Å². The first-order valence-electron chi connectivity index (χ1n) is 12.9. The van der Waals surface area contributed by atoms with Crippen LogP contribution in [0.2, 0.25) is 0 Å². The lowest BCUT2D eigenvalue weighted by Gasteiger charge is -2.25. The van der Waals surface area contributed by atoms with Crippen molar-refractivity contribution >= 4 is 27.8 Å². The number of carbonyl (C=O) groups excluding carboxylic acids is 1.